The molecular formula is C30H21NO2. The zero-order valence-electron chi connectivity index (χ0n) is 18.5. The summed E-state index contributed by atoms with van der Waals surface area (Å²) in [7, 11) is 0. The van der Waals surface area contributed by atoms with Crippen LogP contribution >= 0.6 is 0 Å². The summed E-state index contributed by atoms with van der Waals surface area (Å²) >= 11 is 0. The van der Waals surface area contributed by atoms with E-state index in [1.807, 2.05) is 48.5 Å². The summed E-state index contributed by atoms with van der Waals surface area (Å²) in [5.74, 6) is 0. The lowest BCUT2D eigenvalue weighted by Gasteiger charge is -2.36. The number of aromatic nitrogens is 1. The summed E-state index contributed by atoms with van der Waals surface area (Å²) in [5, 5.41) is 2.57. The first kappa shape index (κ1) is 18.6. The maximum Gasteiger partial charge on any atom is 0.197 e. The Labute approximate surface area is 189 Å². The lowest BCUT2D eigenvalue weighted by atomic mass is 9.68. The van der Waals surface area contributed by atoms with Gasteiger partial charge in [0.1, 0.15) is 0 Å². The van der Waals surface area contributed by atoms with E-state index in [0.717, 1.165) is 23.0 Å². The van der Waals surface area contributed by atoms with E-state index >= 15 is 0 Å². The fourth-order valence-corrected chi connectivity index (χ4v) is 6.11. The number of benzene rings is 4. The molecule has 1 aliphatic rings. The van der Waals surface area contributed by atoms with Crippen molar-refractivity contribution in [3.8, 4) is 0 Å². The molecule has 0 saturated carbocycles. The molecule has 0 saturated heterocycles. The Balaban J connectivity index is 1.82. The average Bonchev–Trinajstić information content (AvgIpc) is 2.83. The van der Waals surface area contributed by atoms with Gasteiger partial charge in [-0.15, -0.1) is 0 Å². The van der Waals surface area contributed by atoms with Crippen molar-refractivity contribution in [3.63, 3.8) is 0 Å². The third-order valence-corrected chi connectivity index (χ3v) is 7.62. The molecule has 0 aliphatic heterocycles. The minimum atomic E-state index is -0.187. The molecule has 0 radical (unpaired) electrons. The molecule has 33 heavy (non-hydrogen) atoms. The molecule has 4 aromatic carbocycles. The van der Waals surface area contributed by atoms with Crippen molar-refractivity contribution in [2.24, 2.45) is 0 Å². The van der Waals surface area contributed by atoms with Crippen molar-refractivity contribution < 1.29 is 0 Å². The average molecular weight is 428 g/mol. The van der Waals surface area contributed by atoms with Crippen LogP contribution in [0.1, 0.15) is 36.1 Å². The fourth-order valence-electron chi connectivity index (χ4n) is 6.11. The summed E-state index contributed by atoms with van der Waals surface area (Å²) in [6.07, 6.45) is 0.759. The van der Waals surface area contributed by atoms with Gasteiger partial charge in [0.2, 0.25) is 0 Å². The molecule has 3 heteroatoms. The topological polar surface area (TPSA) is 38.5 Å². The number of rotatable bonds is 0. The van der Waals surface area contributed by atoms with Crippen molar-refractivity contribution in [2.75, 3.05) is 0 Å². The molecule has 0 spiro atoms. The van der Waals surface area contributed by atoms with Gasteiger partial charge < -0.3 is 4.40 Å². The first-order chi connectivity index (χ1) is 16.0. The number of para-hydroxylation sites is 2. The number of fused-ring (bicyclic) bond motifs is 7. The molecular weight excluding hydrogens is 406 g/mol. The summed E-state index contributed by atoms with van der Waals surface area (Å²) in [4.78, 5) is 27.1. The Morgan fingerprint density at radius 3 is 2.09 bits per heavy atom. The third kappa shape index (κ3) is 2.19. The van der Waals surface area contributed by atoms with Crippen LogP contribution in [0.3, 0.4) is 0 Å². The number of hydrogen-bond donors (Lipinski definition) is 0. The van der Waals surface area contributed by atoms with E-state index < -0.39 is 0 Å². The number of pyridine rings is 2. The quantitative estimate of drug-likeness (QED) is 0.227. The van der Waals surface area contributed by atoms with Gasteiger partial charge in [-0.2, -0.15) is 0 Å². The molecule has 6 aromatic rings. The first-order valence-corrected chi connectivity index (χ1v) is 11.3. The summed E-state index contributed by atoms with van der Waals surface area (Å²) in [6, 6.07) is 26.0. The fraction of sp³-hybridized carbons (Fsp3) is 0.133. The van der Waals surface area contributed by atoms with Gasteiger partial charge in [0.25, 0.3) is 0 Å². The predicted octanol–water partition coefficient (Wildman–Crippen LogP) is 5.79. The summed E-state index contributed by atoms with van der Waals surface area (Å²) in [5.41, 5.74) is 7.32. The molecule has 0 bridgehead atoms. The molecule has 158 valence electrons. The molecule has 2 aromatic heterocycles. The van der Waals surface area contributed by atoms with Crippen LogP contribution in [0.5, 0.6) is 0 Å². The number of hydrogen-bond acceptors (Lipinski definition) is 2. The zero-order valence-corrected chi connectivity index (χ0v) is 18.5. The van der Waals surface area contributed by atoms with Crippen LogP contribution in [0, 0.1) is 0 Å². The van der Waals surface area contributed by atoms with Crippen molar-refractivity contribution in [3.05, 3.63) is 122 Å². The third-order valence-electron chi connectivity index (χ3n) is 7.62. The lowest BCUT2D eigenvalue weighted by Crippen LogP contribution is -2.28. The maximum atomic E-state index is 13.7. The van der Waals surface area contributed by atoms with E-state index in [-0.39, 0.29) is 16.3 Å². The highest BCUT2D eigenvalue weighted by atomic mass is 16.1. The summed E-state index contributed by atoms with van der Waals surface area (Å²) in [6.45, 7) is 4.52. The Kier molecular flexibility index (Phi) is 3.42. The van der Waals surface area contributed by atoms with E-state index in [1.165, 1.54) is 22.3 Å². The molecule has 3 nitrogen and oxygen atoms in total. The van der Waals surface area contributed by atoms with Crippen LogP contribution in [0.25, 0.3) is 38.1 Å². The molecule has 1 aliphatic carbocycles. The standard InChI is InChI=1S/C30H21NO2/c1-30(2)23-12-5-3-8-17(23)16-22-24(30)15-14-21-27(22)31-25-13-6-4-9-18(25)28(32)19-10-7-11-20(26(19)31)29(21)33/h3-15H,16H2,1-2H3. The normalized spacial score (nSPS) is 14.7. The van der Waals surface area contributed by atoms with Crippen LogP contribution in [0.2, 0.25) is 0 Å². The lowest BCUT2D eigenvalue weighted by molar-refractivity contribution is 0.612. The Bertz CT molecular complexity index is 1890. The molecule has 2 heterocycles. The van der Waals surface area contributed by atoms with Gasteiger partial charge in [-0.3, -0.25) is 9.59 Å². The monoisotopic (exact) mass is 427 g/mol. The minimum absolute atomic E-state index is 0.00949. The Hall–Kier alpha value is -3.98. The van der Waals surface area contributed by atoms with E-state index in [4.69, 9.17) is 0 Å². The van der Waals surface area contributed by atoms with Crippen LogP contribution < -0.4 is 10.9 Å². The molecule has 0 atom stereocenters. The Morgan fingerprint density at radius 2 is 1.27 bits per heavy atom. The first-order valence-electron chi connectivity index (χ1n) is 11.3. The van der Waals surface area contributed by atoms with Gasteiger partial charge >= 0.3 is 0 Å². The molecule has 0 amide bonds. The molecule has 0 N–H and O–H groups in total. The van der Waals surface area contributed by atoms with Gasteiger partial charge in [-0.25, -0.2) is 0 Å². The van der Waals surface area contributed by atoms with Crippen molar-refractivity contribution in [1.29, 1.82) is 0 Å². The SMILES string of the molecule is CC1(C)c2ccccc2Cc2c1ccc1c(=O)c3cccc4c(=O)c5ccccc5n(c21)c43. The molecule has 0 unspecified atom stereocenters. The van der Waals surface area contributed by atoms with E-state index in [9.17, 15) is 9.59 Å². The van der Waals surface area contributed by atoms with Gasteiger partial charge in [0, 0.05) is 33.4 Å². The van der Waals surface area contributed by atoms with Crippen LogP contribution in [0.4, 0.5) is 0 Å². The predicted molar refractivity (Wildman–Crippen MR) is 135 cm³/mol. The second kappa shape index (κ2) is 6.08. The summed E-state index contributed by atoms with van der Waals surface area (Å²) < 4.78 is 2.18. The number of nitrogens with zero attached hydrogens (tertiary/aromatic N) is 1. The van der Waals surface area contributed by atoms with Crippen LogP contribution in [-0.2, 0) is 11.8 Å². The smallest absolute Gasteiger partial charge is 0.197 e. The van der Waals surface area contributed by atoms with Crippen LogP contribution in [0.15, 0.2) is 88.5 Å². The van der Waals surface area contributed by atoms with Crippen molar-refractivity contribution in [1.82, 2.24) is 4.40 Å². The second-order valence-corrected chi connectivity index (χ2v) is 9.66. The highest BCUT2D eigenvalue weighted by Crippen LogP contribution is 2.44. The van der Waals surface area contributed by atoms with Crippen LogP contribution in [-0.4, -0.2) is 4.40 Å². The highest BCUT2D eigenvalue weighted by molar-refractivity contribution is 6.08. The maximum absolute atomic E-state index is 13.7. The van der Waals surface area contributed by atoms with Gasteiger partial charge in [0.05, 0.1) is 16.6 Å². The molecule has 0 fully saturated rings. The van der Waals surface area contributed by atoms with E-state index in [2.05, 4.69) is 48.6 Å². The van der Waals surface area contributed by atoms with Crippen molar-refractivity contribution in [2.45, 2.75) is 25.7 Å². The van der Waals surface area contributed by atoms with Crippen molar-refractivity contribution >= 4 is 38.1 Å². The highest BCUT2D eigenvalue weighted by Gasteiger charge is 2.34. The largest absolute Gasteiger partial charge is 0.307 e. The molecule has 7 rings (SSSR count). The van der Waals surface area contributed by atoms with Gasteiger partial charge in [0.15, 0.2) is 10.9 Å². The van der Waals surface area contributed by atoms with Gasteiger partial charge in [-0.05, 0) is 52.6 Å². The van der Waals surface area contributed by atoms with Gasteiger partial charge in [-0.1, -0.05) is 62.4 Å². The zero-order chi connectivity index (χ0) is 22.5. The Morgan fingerprint density at radius 1 is 0.636 bits per heavy atom. The minimum Gasteiger partial charge on any atom is -0.307 e. The van der Waals surface area contributed by atoms with E-state index in [1.54, 1.807) is 0 Å². The second-order valence-electron chi connectivity index (χ2n) is 9.66. The van der Waals surface area contributed by atoms with E-state index in [0.29, 0.717) is 21.5 Å².